The fourth-order valence-electron chi connectivity index (χ4n) is 4.74. The van der Waals surface area contributed by atoms with Crippen LogP contribution < -0.4 is 5.32 Å². The summed E-state index contributed by atoms with van der Waals surface area (Å²) in [6.45, 7) is 15.3. The van der Waals surface area contributed by atoms with Gasteiger partial charge in [0, 0.05) is 6.04 Å². The molecular formula is C19H35N. The van der Waals surface area contributed by atoms with E-state index < -0.39 is 0 Å². The molecule has 1 heteroatoms. The maximum absolute atomic E-state index is 4.49. The summed E-state index contributed by atoms with van der Waals surface area (Å²) in [5, 5.41) is 3.83. The molecule has 0 bridgehead atoms. The van der Waals surface area contributed by atoms with Crippen LogP contribution in [0, 0.1) is 29.6 Å². The van der Waals surface area contributed by atoms with E-state index >= 15 is 0 Å². The molecule has 2 rings (SSSR count). The normalized spacial score (nSPS) is 40.0. The van der Waals surface area contributed by atoms with Crippen LogP contribution in [0.1, 0.15) is 66.2 Å². The monoisotopic (exact) mass is 277 g/mol. The van der Waals surface area contributed by atoms with Gasteiger partial charge in [0.05, 0.1) is 0 Å². The predicted molar refractivity (Wildman–Crippen MR) is 88.8 cm³/mol. The zero-order chi connectivity index (χ0) is 14.7. The van der Waals surface area contributed by atoms with Crippen molar-refractivity contribution in [1.82, 2.24) is 5.32 Å². The first kappa shape index (κ1) is 16.1. The first-order valence-corrected chi connectivity index (χ1v) is 8.98. The van der Waals surface area contributed by atoms with E-state index in [2.05, 4.69) is 39.6 Å². The Morgan fingerprint density at radius 3 is 2.70 bits per heavy atom. The van der Waals surface area contributed by atoms with Gasteiger partial charge in [-0.3, -0.25) is 0 Å². The number of hydrogen-bond donors (Lipinski definition) is 1. The van der Waals surface area contributed by atoms with Crippen LogP contribution in [0.4, 0.5) is 0 Å². The Labute approximate surface area is 126 Å². The quantitative estimate of drug-likeness (QED) is 0.695. The third-order valence-electron chi connectivity index (χ3n) is 6.01. The molecule has 2 fully saturated rings. The topological polar surface area (TPSA) is 12.0 Å². The lowest BCUT2D eigenvalue weighted by Crippen LogP contribution is -2.52. The lowest BCUT2D eigenvalue weighted by molar-refractivity contribution is 0.102. The highest BCUT2D eigenvalue weighted by atomic mass is 14.9. The van der Waals surface area contributed by atoms with Gasteiger partial charge in [-0.1, -0.05) is 59.1 Å². The maximum atomic E-state index is 4.49. The van der Waals surface area contributed by atoms with Crippen molar-refractivity contribution in [3.8, 4) is 0 Å². The maximum Gasteiger partial charge on any atom is 0.0161 e. The number of rotatable bonds is 5. The van der Waals surface area contributed by atoms with Crippen LogP contribution in [0.15, 0.2) is 12.2 Å². The highest BCUT2D eigenvalue weighted by Crippen LogP contribution is 2.51. The van der Waals surface area contributed by atoms with Gasteiger partial charge in [-0.2, -0.15) is 0 Å². The van der Waals surface area contributed by atoms with E-state index in [0.717, 1.165) is 29.6 Å². The van der Waals surface area contributed by atoms with Gasteiger partial charge >= 0.3 is 0 Å². The Morgan fingerprint density at radius 2 is 2.05 bits per heavy atom. The summed E-state index contributed by atoms with van der Waals surface area (Å²) in [5.41, 5.74) is 1.56. The first-order chi connectivity index (χ1) is 9.56. The Kier molecular flexibility index (Phi) is 5.72. The average molecular weight is 277 g/mol. The fraction of sp³-hybridized carbons (Fsp3) is 0.895. The van der Waals surface area contributed by atoms with E-state index in [0.29, 0.717) is 6.04 Å². The molecule has 0 aromatic carbocycles. The van der Waals surface area contributed by atoms with Crippen molar-refractivity contribution >= 4 is 0 Å². The molecule has 0 aromatic rings. The SMILES string of the molecule is C=C1C(CC(C)CCC)C(C)C1C1NCCCCC1C. The molecule has 20 heavy (non-hydrogen) atoms. The van der Waals surface area contributed by atoms with Crippen molar-refractivity contribution in [1.29, 1.82) is 0 Å². The summed E-state index contributed by atoms with van der Waals surface area (Å²) in [5.74, 6) is 4.04. The first-order valence-electron chi connectivity index (χ1n) is 8.98. The Balaban J connectivity index is 1.93. The molecule has 2 aliphatic rings. The van der Waals surface area contributed by atoms with Crippen LogP contribution in [-0.4, -0.2) is 12.6 Å². The molecule has 116 valence electrons. The Bertz CT molecular complexity index is 322. The van der Waals surface area contributed by atoms with Gasteiger partial charge in [-0.15, -0.1) is 0 Å². The van der Waals surface area contributed by atoms with Crippen LogP contribution in [0.25, 0.3) is 0 Å². The third-order valence-corrected chi connectivity index (χ3v) is 6.01. The molecule has 6 atom stereocenters. The second-order valence-corrected chi connectivity index (χ2v) is 7.65. The van der Waals surface area contributed by atoms with Crippen molar-refractivity contribution in [3.63, 3.8) is 0 Å². The molecule has 1 aliphatic carbocycles. The molecule has 1 heterocycles. The third kappa shape index (κ3) is 3.30. The second-order valence-electron chi connectivity index (χ2n) is 7.65. The van der Waals surface area contributed by atoms with Gasteiger partial charge in [-0.25, -0.2) is 0 Å². The summed E-state index contributed by atoms with van der Waals surface area (Å²) < 4.78 is 0. The molecule has 1 saturated carbocycles. The smallest absolute Gasteiger partial charge is 0.0161 e. The summed E-state index contributed by atoms with van der Waals surface area (Å²) in [6, 6.07) is 0.692. The summed E-state index contributed by atoms with van der Waals surface area (Å²) >= 11 is 0. The average Bonchev–Trinajstić information content (AvgIpc) is 2.62. The van der Waals surface area contributed by atoms with Crippen LogP contribution in [0.2, 0.25) is 0 Å². The van der Waals surface area contributed by atoms with Crippen molar-refractivity contribution < 1.29 is 0 Å². The van der Waals surface area contributed by atoms with Crippen LogP contribution in [0.5, 0.6) is 0 Å². The Hall–Kier alpha value is -0.300. The van der Waals surface area contributed by atoms with Crippen molar-refractivity contribution in [2.75, 3.05) is 6.54 Å². The second kappa shape index (κ2) is 7.11. The minimum atomic E-state index is 0.692. The molecule has 1 N–H and O–H groups in total. The lowest BCUT2D eigenvalue weighted by Gasteiger charge is -2.51. The highest BCUT2D eigenvalue weighted by Gasteiger charge is 2.46. The molecule has 0 amide bonds. The van der Waals surface area contributed by atoms with E-state index in [1.165, 1.54) is 45.1 Å². The summed E-state index contributed by atoms with van der Waals surface area (Å²) in [7, 11) is 0. The minimum Gasteiger partial charge on any atom is -0.313 e. The van der Waals surface area contributed by atoms with E-state index in [4.69, 9.17) is 0 Å². The molecule has 0 radical (unpaired) electrons. The Morgan fingerprint density at radius 1 is 1.30 bits per heavy atom. The van der Waals surface area contributed by atoms with Gasteiger partial charge < -0.3 is 5.32 Å². The molecule has 0 spiro atoms. The van der Waals surface area contributed by atoms with Gasteiger partial charge in [0.2, 0.25) is 0 Å². The van der Waals surface area contributed by atoms with Crippen LogP contribution >= 0.6 is 0 Å². The zero-order valence-electron chi connectivity index (χ0n) is 14.1. The summed E-state index contributed by atoms with van der Waals surface area (Å²) in [6.07, 6.45) is 8.20. The molecular weight excluding hydrogens is 242 g/mol. The van der Waals surface area contributed by atoms with Crippen LogP contribution in [-0.2, 0) is 0 Å². The van der Waals surface area contributed by atoms with Gasteiger partial charge in [0.15, 0.2) is 0 Å². The molecule has 6 unspecified atom stereocenters. The lowest BCUT2D eigenvalue weighted by atomic mass is 9.55. The largest absolute Gasteiger partial charge is 0.313 e. The van der Waals surface area contributed by atoms with Crippen molar-refractivity contribution in [3.05, 3.63) is 12.2 Å². The van der Waals surface area contributed by atoms with Crippen molar-refractivity contribution in [2.24, 2.45) is 29.6 Å². The highest BCUT2D eigenvalue weighted by molar-refractivity contribution is 5.23. The van der Waals surface area contributed by atoms with Gasteiger partial charge in [0.25, 0.3) is 0 Å². The van der Waals surface area contributed by atoms with E-state index in [1.807, 2.05) is 0 Å². The van der Waals surface area contributed by atoms with Crippen molar-refractivity contribution in [2.45, 2.75) is 72.3 Å². The molecule has 1 aliphatic heterocycles. The standard InChI is InChI=1S/C19H35N/c1-6-9-13(2)12-17-15(4)18(16(17)5)19-14(3)10-7-8-11-20-19/h13-14,16-20H,4,6-12H2,1-3,5H3. The van der Waals surface area contributed by atoms with E-state index in [-0.39, 0.29) is 0 Å². The number of nitrogens with one attached hydrogen (secondary N) is 1. The van der Waals surface area contributed by atoms with E-state index in [1.54, 1.807) is 5.57 Å². The van der Waals surface area contributed by atoms with Crippen LogP contribution in [0.3, 0.4) is 0 Å². The summed E-state index contributed by atoms with van der Waals surface area (Å²) in [4.78, 5) is 0. The predicted octanol–water partition coefficient (Wildman–Crippen LogP) is 5.03. The minimum absolute atomic E-state index is 0.692. The van der Waals surface area contributed by atoms with E-state index in [9.17, 15) is 0 Å². The van der Waals surface area contributed by atoms with Gasteiger partial charge in [-0.05, 0) is 55.4 Å². The zero-order valence-corrected chi connectivity index (χ0v) is 14.1. The van der Waals surface area contributed by atoms with Gasteiger partial charge in [0.1, 0.15) is 0 Å². The molecule has 0 aromatic heterocycles. The fourth-order valence-corrected chi connectivity index (χ4v) is 4.74. The number of hydrogen-bond acceptors (Lipinski definition) is 1. The molecule has 1 saturated heterocycles. The molecule has 1 nitrogen and oxygen atoms in total.